The van der Waals surface area contributed by atoms with Gasteiger partial charge in [0, 0.05) is 0 Å². The van der Waals surface area contributed by atoms with Gasteiger partial charge in [0.15, 0.2) is 0 Å². The molecule has 3 saturated carbocycles. The Balaban J connectivity index is 1.45. The van der Waals surface area contributed by atoms with Crippen LogP contribution in [-0.2, 0) is 10.1 Å². The molecule has 0 atom stereocenters. The van der Waals surface area contributed by atoms with Crippen molar-refractivity contribution >= 4 is 10.1 Å². The zero-order valence-corrected chi connectivity index (χ0v) is 25.0. The van der Waals surface area contributed by atoms with Gasteiger partial charge in [-0.3, -0.25) is 0 Å². The summed E-state index contributed by atoms with van der Waals surface area (Å²) in [5.74, 6) is 2.15. The van der Waals surface area contributed by atoms with Crippen molar-refractivity contribution in [1.82, 2.24) is 0 Å². The quantitative estimate of drug-likeness (QED) is 0.265. The first-order chi connectivity index (χ1) is 20.0. The molecule has 0 bridgehead atoms. The minimum absolute atomic E-state index is 0.0598. The molecule has 0 amide bonds. The maximum atomic E-state index is 12.9. The van der Waals surface area contributed by atoms with E-state index in [9.17, 15) is 13.0 Å². The highest BCUT2D eigenvalue weighted by Crippen LogP contribution is 2.45. The highest BCUT2D eigenvalue weighted by molar-refractivity contribution is 7.85. The lowest BCUT2D eigenvalue weighted by Gasteiger charge is -2.31. The van der Waals surface area contributed by atoms with Crippen molar-refractivity contribution in [3.63, 3.8) is 0 Å². The molecule has 5 heteroatoms. The molecule has 3 aromatic carbocycles. The Morgan fingerprint density at radius 1 is 0.561 bits per heavy atom. The van der Waals surface area contributed by atoms with Gasteiger partial charge in [-0.25, -0.2) is 8.42 Å². The van der Waals surface area contributed by atoms with Gasteiger partial charge < -0.3 is 9.29 Å². The summed E-state index contributed by atoms with van der Waals surface area (Å²) in [6, 6.07) is 20.9. The van der Waals surface area contributed by atoms with E-state index in [1.165, 1.54) is 37.7 Å². The largest absolute Gasteiger partial charge is 0.744 e. The van der Waals surface area contributed by atoms with Gasteiger partial charge in [-0.2, -0.15) is 0 Å². The zero-order chi connectivity index (χ0) is 28.2. The van der Waals surface area contributed by atoms with Crippen LogP contribution < -0.4 is 4.74 Å². The molecule has 0 heterocycles. The molecule has 0 aromatic heterocycles. The Morgan fingerprint density at radius 3 is 1.56 bits per heavy atom. The summed E-state index contributed by atoms with van der Waals surface area (Å²) in [5, 5.41) is 0. The van der Waals surface area contributed by atoms with Crippen LogP contribution in [-0.4, -0.2) is 13.0 Å². The molecule has 3 aliphatic rings. The van der Waals surface area contributed by atoms with Gasteiger partial charge in [0.05, 0.1) is 4.90 Å². The van der Waals surface area contributed by atoms with E-state index in [0.717, 1.165) is 81.1 Å². The zero-order valence-electron chi connectivity index (χ0n) is 24.2. The smallest absolute Gasteiger partial charge is 0.128 e. The molecule has 218 valence electrons. The first kappa shape index (κ1) is 28.5. The third-order valence-corrected chi connectivity index (χ3v) is 10.8. The van der Waals surface area contributed by atoms with E-state index in [0.29, 0.717) is 22.8 Å². The Labute approximate surface area is 246 Å². The summed E-state index contributed by atoms with van der Waals surface area (Å²) in [5.41, 5.74) is 5.02. The molecule has 3 fully saturated rings. The number of hydrogen-bond acceptors (Lipinski definition) is 4. The monoisotopic (exact) mass is 571 g/mol. The summed E-state index contributed by atoms with van der Waals surface area (Å²) in [4.78, 5) is 0.0598. The number of rotatable bonds is 7. The Hall–Kier alpha value is -2.63. The van der Waals surface area contributed by atoms with Crippen LogP contribution in [0.5, 0.6) is 11.5 Å². The minimum Gasteiger partial charge on any atom is -0.744 e. The molecule has 6 rings (SSSR count). The second-order valence-corrected chi connectivity index (χ2v) is 14.0. The number of benzene rings is 3. The lowest BCUT2D eigenvalue weighted by atomic mass is 9.79. The van der Waals surface area contributed by atoms with Crippen molar-refractivity contribution in [2.75, 3.05) is 0 Å². The fourth-order valence-electron chi connectivity index (χ4n) is 7.71. The molecule has 0 aliphatic heterocycles. The molecular weight excluding hydrogens is 528 g/mol. The highest BCUT2D eigenvalue weighted by Gasteiger charge is 2.29. The topological polar surface area (TPSA) is 66.4 Å². The lowest BCUT2D eigenvalue weighted by Crippen LogP contribution is -2.16. The number of ether oxygens (including phenoxy) is 1. The van der Waals surface area contributed by atoms with Crippen molar-refractivity contribution in [3.05, 3.63) is 77.4 Å². The van der Waals surface area contributed by atoms with E-state index < -0.39 is 10.1 Å². The summed E-state index contributed by atoms with van der Waals surface area (Å²) in [6.45, 7) is 0. The first-order valence-electron chi connectivity index (χ1n) is 16.0. The minimum atomic E-state index is -4.62. The molecule has 0 unspecified atom stereocenters. The first-order valence-corrected chi connectivity index (χ1v) is 17.4. The standard InChI is InChI=1S/C36H44O4S/c37-41(38,39)36-34(28-17-9-3-10-18-28)24-33(25-35(36)29-19-11-4-12-20-29)40-32-22-30(26-13-5-1-6-14-26)21-31(23-32)27-15-7-2-8-16-27/h1,5-6,13-14,21-25,27-29H,2-4,7-12,15-20H2,(H,37,38,39)/p-1. The maximum Gasteiger partial charge on any atom is 0.128 e. The molecule has 41 heavy (non-hydrogen) atoms. The maximum absolute atomic E-state index is 12.9. The van der Waals surface area contributed by atoms with Gasteiger partial charge >= 0.3 is 0 Å². The number of hydrogen-bond donors (Lipinski definition) is 0. The van der Waals surface area contributed by atoms with Gasteiger partial charge in [0.1, 0.15) is 21.6 Å². The highest BCUT2D eigenvalue weighted by atomic mass is 32.2. The van der Waals surface area contributed by atoms with Crippen LogP contribution in [0.2, 0.25) is 0 Å². The third kappa shape index (κ3) is 6.73. The Bertz CT molecular complexity index is 1390. The molecule has 0 spiro atoms. The van der Waals surface area contributed by atoms with Crippen molar-refractivity contribution in [3.8, 4) is 22.6 Å². The lowest BCUT2D eigenvalue weighted by molar-refractivity contribution is 0.410. The summed E-state index contributed by atoms with van der Waals surface area (Å²) < 4.78 is 45.3. The molecule has 0 radical (unpaired) electrons. The molecule has 3 aromatic rings. The summed E-state index contributed by atoms with van der Waals surface area (Å²) in [6.07, 6.45) is 16.5. The van der Waals surface area contributed by atoms with Crippen LogP contribution in [0.4, 0.5) is 0 Å². The third-order valence-electron chi connectivity index (χ3n) is 9.81. The Morgan fingerprint density at radius 2 is 1.05 bits per heavy atom. The van der Waals surface area contributed by atoms with E-state index in [4.69, 9.17) is 4.74 Å². The van der Waals surface area contributed by atoms with E-state index in [1.807, 2.05) is 18.2 Å². The molecular formula is C36H43O4S-. The van der Waals surface area contributed by atoms with Crippen molar-refractivity contribution in [2.45, 2.75) is 119 Å². The molecule has 4 nitrogen and oxygen atoms in total. The second kappa shape index (κ2) is 12.7. The predicted molar refractivity (Wildman–Crippen MR) is 164 cm³/mol. The second-order valence-electron chi connectivity index (χ2n) is 12.6. The van der Waals surface area contributed by atoms with Crippen LogP contribution in [0.1, 0.15) is 131 Å². The van der Waals surface area contributed by atoms with E-state index in [1.54, 1.807) is 0 Å². The fraction of sp³-hybridized carbons (Fsp3) is 0.500. The average Bonchev–Trinajstić information content (AvgIpc) is 3.02. The van der Waals surface area contributed by atoms with Gasteiger partial charge in [-0.05, 0) is 108 Å². The van der Waals surface area contributed by atoms with Gasteiger partial charge in [-0.1, -0.05) is 94.2 Å². The molecule has 3 aliphatic carbocycles. The van der Waals surface area contributed by atoms with Crippen molar-refractivity contribution in [2.24, 2.45) is 0 Å². The summed E-state index contributed by atoms with van der Waals surface area (Å²) in [7, 11) is -4.62. The summed E-state index contributed by atoms with van der Waals surface area (Å²) >= 11 is 0. The average molecular weight is 572 g/mol. The predicted octanol–water partition coefficient (Wildman–Crippen LogP) is 10.2. The van der Waals surface area contributed by atoms with E-state index >= 15 is 0 Å². The van der Waals surface area contributed by atoms with Crippen LogP contribution in [0.25, 0.3) is 11.1 Å². The van der Waals surface area contributed by atoms with Crippen LogP contribution in [0, 0.1) is 0 Å². The molecule has 0 saturated heterocycles. The van der Waals surface area contributed by atoms with Crippen LogP contribution >= 0.6 is 0 Å². The van der Waals surface area contributed by atoms with Gasteiger partial charge in [-0.15, -0.1) is 0 Å². The van der Waals surface area contributed by atoms with Gasteiger partial charge in [0.2, 0.25) is 0 Å². The van der Waals surface area contributed by atoms with Crippen LogP contribution in [0.3, 0.4) is 0 Å². The SMILES string of the molecule is O=S(=O)([O-])c1c(C2CCCCC2)cc(Oc2cc(-c3ccccc3)cc(C3CCCCC3)c2)cc1C1CCCCC1. The van der Waals surface area contributed by atoms with E-state index in [2.05, 4.69) is 42.5 Å². The Kier molecular flexibility index (Phi) is 8.83. The van der Waals surface area contributed by atoms with Gasteiger partial charge in [0.25, 0.3) is 0 Å². The normalized spacial score (nSPS) is 19.7. The van der Waals surface area contributed by atoms with Crippen LogP contribution in [0.15, 0.2) is 65.6 Å². The van der Waals surface area contributed by atoms with E-state index in [-0.39, 0.29) is 16.7 Å². The van der Waals surface area contributed by atoms with Crippen molar-refractivity contribution < 1.29 is 17.7 Å². The molecule has 0 N–H and O–H groups in total. The fourth-order valence-corrected chi connectivity index (χ4v) is 8.74. The van der Waals surface area contributed by atoms with Crippen molar-refractivity contribution in [1.29, 1.82) is 0 Å².